The minimum absolute atomic E-state index is 0.548. The molecule has 0 bridgehead atoms. The van der Waals surface area contributed by atoms with Crippen molar-refractivity contribution in [2.75, 3.05) is 0 Å². The minimum atomic E-state index is 0.548. The van der Waals surface area contributed by atoms with Gasteiger partial charge in [-0.25, -0.2) is 9.97 Å². The normalized spacial score (nSPS) is 10.7. The number of imidazole rings is 2. The molecule has 0 amide bonds. The van der Waals surface area contributed by atoms with Gasteiger partial charge in [-0.15, -0.1) is 0 Å². The first-order valence-corrected chi connectivity index (χ1v) is 10.2. The Bertz CT molecular complexity index is 1350. The van der Waals surface area contributed by atoms with Crippen molar-refractivity contribution in [3.8, 4) is 17.6 Å². The van der Waals surface area contributed by atoms with E-state index in [4.69, 9.17) is 9.78 Å². The number of aryl methyl sites for hydroxylation is 1. The molecule has 0 N–H and O–H groups in total. The summed E-state index contributed by atoms with van der Waals surface area (Å²) in [5.41, 5.74) is 3.01. The van der Waals surface area contributed by atoms with Crippen molar-refractivity contribution in [3.05, 3.63) is 69.6 Å². The molecule has 0 fully saturated rings. The summed E-state index contributed by atoms with van der Waals surface area (Å²) in [5.74, 6) is 1.19. The van der Waals surface area contributed by atoms with E-state index in [-0.39, 0.29) is 0 Å². The van der Waals surface area contributed by atoms with Crippen molar-refractivity contribution in [2.24, 2.45) is 0 Å². The van der Waals surface area contributed by atoms with Gasteiger partial charge in [-0.3, -0.25) is 8.80 Å². The number of rotatable bonds is 2. The average Bonchev–Trinajstić information content (AvgIpc) is 3.45. The molecule has 0 unspecified atom stereocenters. The largest absolute Gasteiger partial charge is 0.339 e. The van der Waals surface area contributed by atoms with E-state index in [0.717, 1.165) is 32.4 Å². The van der Waals surface area contributed by atoms with Crippen molar-refractivity contribution in [3.63, 3.8) is 0 Å². The van der Waals surface area contributed by atoms with Gasteiger partial charge in [-0.1, -0.05) is 12.1 Å². The minimum Gasteiger partial charge on any atom is -0.339 e. The maximum atomic E-state index is 8.69. The predicted octanol–water partition coefficient (Wildman–Crippen LogP) is 4.68. The van der Waals surface area contributed by atoms with Gasteiger partial charge in [0.15, 0.2) is 0 Å². The SMILES string of the molecule is CCc1nc(-c2cnc3ccc(Br)cn23)no1.N#Cc1cnc2ccc(Br)cn12. The number of halogens is 2. The van der Waals surface area contributed by atoms with Gasteiger partial charge in [0.2, 0.25) is 11.7 Å². The molecule has 0 radical (unpaired) electrons. The van der Waals surface area contributed by atoms with E-state index < -0.39 is 0 Å². The highest BCUT2D eigenvalue weighted by Gasteiger charge is 2.12. The second-order valence-electron chi connectivity index (χ2n) is 5.91. The summed E-state index contributed by atoms with van der Waals surface area (Å²) in [4.78, 5) is 12.6. The fraction of sp³-hybridized carbons (Fsp3) is 0.105. The number of hydrogen-bond donors (Lipinski definition) is 0. The van der Waals surface area contributed by atoms with E-state index in [1.54, 1.807) is 16.8 Å². The zero-order chi connectivity index (χ0) is 20.4. The Morgan fingerprint density at radius 3 is 2.31 bits per heavy atom. The van der Waals surface area contributed by atoms with Crippen LogP contribution in [0.15, 0.2) is 62.5 Å². The quantitative estimate of drug-likeness (QED) is 0.339. The lowest BCUT2D eigenvalue weighted by atomic mass is 10.4. The van der Waals surface area contributed by atoms with Crippen LogP contribution in [0.3, 0.4) is 0 Å². The number of fused-ring (bicyclic) bond motifs is 2. The molecule has 0 saturated heterocycles. The standard InChI is InChI=1S/C11H9BrN4O.C8H4BrN3/c1-2-10-14-11(15-17-10)8-5-13-9-4-3-7(12)6-16(8)9;9-6-1-2-8-11-4-7(3-10)12(8)5-6/h3-6H,2H2,1H3;1-2,4-5H. The highest BCUT2D eigenvalue weighted by Crippen LogP contribution is 2.20. The molecule has 8 nitrogen and oxygen atoms in total. The summed E-state index contributed by atoms with van der Waals surface area (Å²) in [6.07, 6.45) is 7.78. The second-order valence-corrected chi connectivity index (χ2v) is 7.75. The molecule has 5 heterocycles. The van der Waals surface area contributed by atoms with Gasteiger partial charge in [0.25, 0.3) is 0 Å². The van der Waals surface area contributed by atoms with Gasteiger partial charge in [0, 0.05) is 27.8 Å². The lowest BCUT2D eigenvalue weighted by molar-refractivity contribution is 0.382. The van der Waals surface area contributed by atoms with Crippen LogP contribution in [0.5, 0.6) is 0 Å². The Balaban J connectivity index is 0.000000150. The van der Waals surface area contributed by atoms with Crippen LogP contribution in [0, 0.1) is 11.3 Å². The number of pyridine rings is 2. The summed E-state index contributed by atoms with van der Waals surface area (Å²) >= 11 is 6.75. The molecule has 5 rings (SSSR count). The molecular weight excluding hydrogens is 502 g/mol. The molecule has 10 heteroatoms. The van der Waals surface area contributed by atoms with Gasteiger partial charge in [-0.2, -0.15) is 10.2 Å². The molecule has 0 aromatic carbocycles. The van der Waals surface area contributed by atoms with Gasteiger partial charge in [0.1, 0.15) is 28.8 Å². The maximum absolute atomic E-state index is 8.69. The Morgan fingerprint density at radius 2 is 1.66 bits per heavy atom. The summed E-state index contributed by atoms with van der Waals surface area (Å²) in [5, 5.41) is 12.6. The van der Waals surface area contributed by atoms with Gasteiger partial charge >= 0.3 is 0 Å². The molecule has 0 saturated carbocycles. The van der Waals surface area contributed by atoms with E-state index >= 15 is 0 Å². The zero-order valence-corrected chi connectivity index (χ0v) is 18.3. The van der Waals surface area contributed by atoms with Crippen molar-refractivity contribution in [2.45, 2.75) is 13.3 Å². The van der Waals surface area contributed by atoms with E-state index in [9.17, 15) is 0 Å². The first-order valence-electron chi connectivity index (χ1n) is 8.57. The lowest BCUT2D eigenvalue weighted by Gasteiger charge is -1.97. The average molecular weight is 515 g/mol. The smallest absolute Gasteiger partial charge is 0.226 e. The van der Waals surface area contributed by atoms with E-state index in [2.05, 4.69) is 58.0 Å². The molecule has 5 aromatic heterocycles. The Kier molecular flexibility index (Phi) is 5.42. The monoisotopic (exact) mass is 513 g/mol. The Morgan fingerprint density at radius 1 is 1.00 bits per heavy atom. The molecule has 0 aliphatic rings. The summed E-state index contributed by atoms with van der Waals surface area (Å²) < 4.78 is 10.7. The maximum Gasteiger partial charge on any atom is 0.226 e. The molecule has 29 heavy (non-hydrogen) atoms. The molecule has 0 spiro atoms. The third-order valence-corrected chi connectivity index (χ3v) is 4.99. The van der Waals surface area contributed by atoms with Crippen LogP contribution in [0.25, 0.3) is 22.8 Å². The van der Waals surface area contributed by atoms with Crippen molar-refractivity contribution in [1.29, 1.82) is 5.26 Å². The number of aromatic nitrogens is 6. The lowest BCUT2D eigenvalue weighted by Crippen LogP contribution is -1.89. The van der Waals surface area contributed by atoms with Crippen LogP contribution in [0.2, 0.25) is 0 Å². The first kappa shape index (κ1) is 19.3. The van der Waals surface area contributed by atoms with Crippen LogP contribution in [0.1, 0.15) is 18.5 Å². The van der Waals surface area contributed by atoms with Crippen LogP contribution < -0.4 is 0 Å². The molecule has 0 aliphatic heterocycles. The summed E-state index contributed by atoms with van der Waals surface area (Å²) in [7, 11) is 0. The topological polar surface area (TPSA) is 97.3 Å². The summed E-state index contributed by atoms with van der Waals surface area (Å²) in [6.45, 7) is 1.97. The molecule has 0 atom stereocenters. The Hall–Kier alpha value is -3.03. The number of nitriles is 1. The van der Waals surface area contributed by atoms with Crippen molar-refractivity contribution < 1.29 is 4.52 Å². The molecular formula is C19H13Br2N7O. The third kappa shape index (κ3) is 3.92. The zero-order valence-electron chi connectivity index (χ0n) is 15.1. The molecule has 144 valence electrons. The second kappa shape index (κ2) is 8.14. The van der Waals surface area contributed by atoms with Crippen LogP contribution in [-0.2, 0) is 6.42 Å². The van der Waals surface area contributed by atoms with Crippen molar-refractivity contribution in [1.82, 2.24) is 28.9 Å². The third-order valence-electron chi connectivity index (χ3n) is 4.05. The van der Waals surface area contributed by atoms with Crippen LogP contribution in [-0.4, -0.2) is 28.9 Å². The number of hydrogen-bond acceptors (Lipinski definition) is 6. The van der Waals surface area contributed by atoms with Gasteiger partial charge < -0.3 is 4.52 Å². The fourth-order valence-corrected chi connectivity index (χ4v) is 3.33. The van der Waals surface area contributed by atoms with Gasteiger partial charge in [-0.05, 0) is 56.1 Å². The van der Waals surface area contributed by atoms with E-state index in [0.29, 0.717) is 17.4 Å². The molecule has 5 aromatic rings. The first-order chi connectivity index (χ1) is 14.1. The van der Waals surface area contributed by atoms with Crippen LogP contribution in [0.4, 0.5) is 0 Å². The fourth-order valence-electron chi connectivity index (χ4n) is 2.66. The van der Waals surface area contributed by atoms with Gasteiger partial charge in [0.05, 0.1) is 12.4 Å². The highest BCUT2D eigenvalue weighted by atomic mass is 79.9. The highest BCUT2D eigenvalue weighted by molar-refractivity contribution is 9.10. The van der Waals surface area contributed by atoms with Crippen molar-refractivity contribution >= 4 is 43.2 Å². The van der Waals surface area contributed by atoms with E-state index in [1.165, 1.54) is 0 Å². The Labute approximate surface area is 182 Å². The predicted molar refractivity (Wildman–Crippen MR) is 113 cm³/mol. The van der Waals surface area contributed by atoms with E-state index in [1.807, 2.05) is 48.0 Å². The number of nitrogens with zero attached hydrogens (tertiary/aromatic N) is 7. The summed E-state index contributed by atoms with van der Waals surface area (Å²) in [6, 6.07) is 9.67. The van der Waals surface area contributed by atoms with Crippen LogP contribution >= 0.6 is 31.9 Å². The molecule has 0 aliphatic carbocycles.